The van der Waals surface area contributed by atoms with Crippen molar-refractivity contribution >= 4 is 77.4 Å². The number of esters is 12. The molecule has 3 fully saturated rings. The Balaban J connectivity index is 1.53. The molecule has 0 N–H and O–H groups in total. The molecule has 0 aromatic heterocycles. The lowest BCUT2D eigenvalue weighted by Crippen LogP contribution is -2.67. The van der Waals surface area contributed by atoms with Gasteiger partial charge in [0.2, 0.25) is 0 Å². The van der Waals surface area contributed by atoms with Crippen LogP contribution in [0.5, 0.6) is 0 Å². The number of ether oxygens (including phenoxy) is 18. The molecule has 17 unspecified atom stereocenters. The minimum Gasteiger partial charge on any atom is -0.463 e. The third kappa shape index (κ3) is 33.3. The Labute approximate surface area is 601 Å². The molecule has 0 spiro atoms. The monoisotopic (exact) mass is 1470 g/mol. The van der Waals surface area contributed by atoms with Crippen LogP contribution in [0.3, 0.4) is 0 Å². The molecule has 0 aliphatic carbocycles. The summed E-state index contributed by atoms with van der Waals surface area (Å²) in [5.41, 5.74) is 0.407. The van der Waals surface area contributed by atoms with Gasteiger partial charge in [-0.2, -0.15) is 0 Å². The summed E-state index contributed by atoms with van der Waals surface area (Å²) in [5, 5.41) is 0. The van der Waals surface area contributed by atoms with E-state index in [9.17, 15) is 62.3 Å². The molecule has 0 amide bonds. The van der Waals surface area contributed by atoms with E-state index in [1.165, 1.54) is 20.8 Å². The predicted octanol–water partition coefficient (Wildman–Crippen LogP) is 7.71. The minimum absolute atomic E-state index is 0.215. The number of benzene rings is 1. The quantitative estimate of drug-likeness (QED) is 0.0261. The number of carbonyl (C=O) groups excluding carboxylic acids is 13. The summed E-state index contributed by atoms with van der Waals surface area (Å²) in [6.07, 6.45) is -11.6. The summed E-state index contributed by atoms with van der Waals surface area (Å²) in [4.78, 5) is 165. The van der Waals surface area contributed by atoms with Crippen molar-refractivity contribution in [2.24, 2.45) is 0 Å². The second-order valence-electron chi connectivity index (χ2n) is 25.6. The number of ketones is 1. The van der Waals surface area contributed by atoms with Gasteiger partial charge in [-0.15, -0.1) is 0 Å². The number of unbranched alkanes of at least 4 members (excludes halogenated alkanes) is 12. The van der Waals surface area contributed by atoms with Crippen LogP contribution in [-0.4, -0.2) is 208 Å². The molecule has 4 rings (SSSR count). The van der Waals surface area contributed by atoms with Crippen molar-refractivity contribution in [1.82, 2.24) is 0 Å². The highest BCUT2D eigenvalue weighted by molar-refractivity contribution is 5.98. The molecule has 103 heavy (non-hydrogen) atoms. The van der Waals surface area contributed by atoms with Crippen LogP contribution in [0.25, 0.3) is 0 Å². The molecule has 3 aliphatic rings. The maximum absolute atomic E-state index is 13.1. The Hall–Kier alpha value is -7.71. The highest BCUT2D eigenvalue weighted by Crippen LogP contribution is 2.37. The van der Waals surface area contributed by atoms with Gasteiger partial charge < -0.3 is 85.3 Å². The molecule has 1 aromatic carbocycles. The van der Waals surface area contributed by atoms with E-state index in [1.807, 2.05) is 6.92 Å². The molecule has 1 aromatic rings. The van der Waals surface area contributed by atoms with Crippen LogP contribution in [0.4, 0.5) is 0 Å². The Morgan fingerprint density at radius 1 is 0.388 bits per heavy atom. The van der Waals surface area contributed by atoms with Crippen molar-refractivity contribution < 1.29 is 148 Å². The van der Waals surface area contributed by atoms with Gasteiger partial charge >= 0.3 is 71.6 Å². The van der Waals surface area contributed by atoms with Gasteiger partial charge in [-0.3, -0.25) is 57.5 Å². The second kappa shape index (κ2) is 46.9. The lowest BCUT2D eigenvalue weighted by atomic mass is 9.97. The maximum Gasteiger partial charge on any atom is 0.347 e. The molecule has 580 valence electrons. The Morgan fingerprint density at radius 2 is 0.806 bits per heavy atom. The van der Waals surface area contributed by atoms with E-state index in [0.717, 1.165) is 126 Å². The molecule has 17 atom stereocenters. The molecular formula is C72H106O31. The molecular weight excluding hydrogens is 1360 g/mol. The van der Waals surface area contributed by atoms with Crippen molar-refractivity contribution in [3.8, 4) is 0 Å². The van der Waals surface area contributed by atoms with Crippen LogP contribution in [0.1, 0.15) is 222 Å². The molecule has 0 saturated carbocycles. The van der Waals surface area contributed by atoms with E-state index in [4.69, 9.17) is 85.3 Å². The first kappa shape index (κ1) is 87.7. The average Bonchev–Trinajstić information content (AvgIpc) is 0.770. The van der Waals surface area contributed by atoms with Gasteiger partial charge in [-0.1, -0.05) is 114 Å². The standard InChI is InChI=1S/C72H106O31/c1-13-14-25-33-54(34-30-37-57(91-44(4)75)56(90-43(3)74)35-28-22-20-18-16-15-17-19-21-23-29-36-58(92-45(5)76)69(85)87-38-55(84)53-31-26-24-27-32-53)100-70-66(63(96-49(9)80)59(40-88-70)93-46(6)77)102-71-67(64(97-50(10)81)60(41-89-71)94-47(7)78)103-72-68(99-52(12)83)65(98-51(11)82)62(95-48(8)79)61(101-72)39-86-42(2)73/h24,26-27,31-32,54,56-68,70-72H,13-23,25,28-30,33-41H2,1-12H3. The van der Waals surface area contributed by atoms with Gasteiger partial charge in [-0.05, 0) is 51.4 Å². The van der Waals surface area contributed by atoms with Crippen molar-refractivity contribution in [2.45, 2.75) is 316 Å². The van der Waals surface area contributed by atoms with Gasteiger partial charge in [0.1, 0.15) is 24.9 Å². The normalized spacial score (nSPS) is 24.2. The van der Waals surface area contributed by atoms with Gasteiger partial charge in [0.15, 0.2) is 92.3 Å². The average molecular weight is 1470 g/mol. The van der Waals surface area contributed by atoms with Crippen LogP contribution in [0.2, 0.25) is 0 Å². The molecule has 3 heterocycles. The minimum atomic E-state index is -1.99. The molecule has 31 heteroatoms. The summed E-state index contributed by atoms with van der Waals surface area (Å²) in [6, 6.07) is 8.43. The largest absolute Gasteiger partial charge is 0.463 e. The van der Waals surface area contributed by atoms with E-state index >= 15 is 0 Å². The molecule has 0 bridgehead atoms. The number of hydrogen-bond acceptors (Lipinski definition) is 31. The van der Waals surface area contributed by atoms with E-state index < -0.39 is 202 Å². The van der Waals surface area contributed by atoms with Crippen molar-refractivity contribution in [1.29, 1.82) is 0 Å². The molecule has 0 radical (unpaired) electrons. The van der Waals surface area contributed by atoms with Gasteiger partial charge in [-0.25, -0.2) is 4.79 Å². The van der Waals surface area contributed by atoms with Gasteiger partial charge in [0, 0.05) is 81.7 Å². The lowest BCUT2D eigenvalue weighted by molar-refractivity contribution is -0.381. The van der Waals surface area contributed by atoms with E-state index in [1.54, 1.807) is 30.3 Å². The summed E-state index contributed by atoms with van der Waals surface area (Å²) in [6.45, 7) is 12.0. The first-order valence-electron chi connectivity index (χ1n) is 35.4. The smallest absolute Gasteiger partial charge is 0.347 e. The number of hydrogen-bond donors (Lipinski definition) is 0. The summed E-state index contributed by atoms with van der Waals surface area (Å²) < 4.78 is 106. The second-order valence-corrected chi connectivity index (χ2v) is 25.6. The SMILES string of the molecule is CCCCCC(CCCC(OC(C)=O)C(CCCCCCCCCCCCCC(OC(C)=O)C(=O)OCC(=O)c1ccccc1)OC(C)=O)OC1OCC(OC(C)=O)C(OC(C)=O)C1OC1OCC(OC(C)=O)C(OC(C)=O)C1OC1OC(COC(C)=O)C(OC(C)=O)C(OC(C)=O)C1OC(C)=O. The third-order valence-electron chi connectivity index (χ3n) is 16.5. The molecule has 3 aliphatic heterocycles. The Kier molecular flexibility index (Phi) is 39.9. The van der Waals surface area contributed by atoms with Crippen molar-refractivity contribution in [2.75, 3.05) is 26.4 Å². The van der Waals surface area contributed by atoms with E-state index in [0.29, 0.717) is 44.1 Å². The fraction of sp³-hybridized carbons (Fsp3) is 0.736. The zero-order chi connectivity index (χ0) is 76.1. The summed E-state index contributed by atoms with van der Waals surface area (Å²) in [7, 11) is 0. The lowest BCUT2D eigenvalue weighted by Gasteiger charge is -2.48. The van der Waals surface area contributed by atoms with Crippen molar-refractivity contribution in [3.05, 3.63) is 35.9 Å². The third-order valence-corrected chi connectivity index (χ3v) is 16.5. The number of carbonyl (C=O) groups is 13. The van der Waals surface area contributed by atoms with Crippen LogP contribution in [0.15, 0.2) is 30.3 Å². The molecule has 3 saturated heterocycles. The molecule has 31 nitrogen and oxygen atoms in total. The van der Waals surface area contributed by atoms with Crippen LogP contribution < -0.4 is 0 Å². The zero-order valence-electron chi connectivity index (χ0n) is 61.3. The highest BCUT2D eigenvalue weighted by atomic mass is 16.8. The first-order valence-corrected chi connectivity index (χ1v) is 35.4. The van der Waals surface area contributed by atoms with Crippen LogP contribution in [0, 0.1) is 0 Å². The fourth-order valence-corrected chi connectivity index (χ4v) is 12.2. The van der Waals surface area contributed by atoms with Gasteiger partial charge in [0.05, 0.1) is 19.3 Å². The number of rotatable bonds is 45. The zero-order valence-corrected chi connectivity index (χ0v) is 61.3. The van der Waals surface area contributed by atoms with Gasteiger partial charge in [0.25, 0.3) is 0 Å². The Morgan fingerprint density at radius 3 is 1.29 bits per heavy atom. The van der Waals surface area contributed by atoms with Crippen molar-refractivity contribution in [3.63, 3.8) is 0 Å². The topological polar surface area (TPSA) is 388 Å². The summed E-state index contributed by atoms with van der Waals surface area (Å²) >= 11 is 0. The first-order chi connectivity index (χ1) is 49.0. The highest BCUT2D eigenvalue weighted by Gasteiger charge is 2.58. The summed E-state index contributed by atoms with van der Waals surface area (Å²) in [5.74, 6) is -10.1. The Bertz CT molecular complexity index is 2880. The maximum atomic E-state index is 13.1. The van der Waals surface area contributed by atoms with Crippen LogP contribution in [-0.2, 0) is 143 Å². The van der Waals surface area contributed by atoms with Crippen LogP contribution >= 0.6 is 0 Å². The number of Topliss-reactive ketones (excluding diaryl/α,β-unsaturated/α-hetero) is 1. The fourth-order valence-electron chi connectivity index (χ4n) is 12.2. The van der Waals surface area contributed by atoms with E-state index in [-0.39, 0.29) is 25.0 Å². The predicted molar refractivity (Wildman–Crippen MR) is 355 cm³/mol. The van der Waals surface area contributed by atoms with E-state index in [2.05, 4.69) is 0 Å².